The zero-order valence-corrected chi connectivity index (χ0v) is 13.7. The summed E-state index contributed by atoms with van der Waals surface area (Å²) in [6.07, 6.45) is 0. The Morgan fingerprint density at radius 2 is 1.45 bits per heavy atom. The summed E-state index contributed by atoms with van der Waals surface area (Å²) in [5.74, 6) is -0.213. The number of carbonyl (C=O) groups excluding carboxylic acids is 1. The Bertz CT molecular complexity index is 655. The van der Waals surface area contributed by atoms with E-state index in [1.54, 1.807) is 6.92 Å². The van der Waals surface area contributed by atoms with Crippen LogP contribution in [0.2, 0.25) is 0 Å². The van der Waals surface area contributed by atoms with Crippen LogP contribution in [0, 0.1) is 0 Å². The van der Waals surface area contributed by atoms with Gasteiger partial charge >= 0.3 is 0 Å². The fourth-order valence-electron chi connectivity index (χ4n) is 2.41. The Morgan fingerprint density at radius 3 is 2.05 bits per heavy atom. The fourth-order valence-corrected chi connectivity index (χ4v) is 2.41. The van der Waals surface area contributed by atoms with E-state index in [1.807, 2.05) is 54.6 Å². The molecular formula is C19H24N2O. The minimum atomic E-state index is -1.08. The zero-order chi connectivity index (χ0) is 16.4. The van der Waals surface area contributed by atoms with Crippen molar-refractivity contribution >= 4 is 11.6 Å². The standard InChI is InChI=1S/C19H24N2O/c1-18(2,3)15-12-8-9-13-16(15)21-17(22)19(4,20)14-10-6-5-7-11-14/h5-13H,20H2,1-4H3,(H,21,22). The monoisotopic (exact) mass is 296 g/mol. The molecule has 0 heterocycles. The summed E-state index contributed by atoms with van der Waals surface area (Å²) in [6, 6.07) is 17.3. The molecule has 2 aromatic carbocycles. The van der Waals surface area contributed by atoms with Gasteiger partial charge in [0.25, 0.3) is 0 Å². The first-order chi connectivity index (χ1) is 10.2. The van der Waals surface area contributed by atoms with Crippen LogP contribution in [0.25, 0.3) is 0 Å². The maximum absolute atomic E-state index is 12.7. The number of nitrogens with two attached hydrogens (primary N) is 1. The van der Waals surface area contributed by atoms with Crippen molar-refractivity contribution in [2.45, 2.75) is 38.6 Å². The first kappa shape index (κ1) is 16.2. The van der Waals surface area contributed by atoms with E-state index in [9.17, 15) is 4.79 Å². The normalized spacial score (nSPS) is 14.2. The summed E-state index contributed by atoms with van der Waals surface area (Å²) in [4.78, 5) is 12.7. The van der Waals surface area contributed by atoms with E-state index in [0.29, 0.717) is 0 Å². The van der Waals surface area contributed by atoms with Crippen LogP contribution in [0.15, 0.2) is 54.6 Å². The van der Waals surface area contributed by atoms with E-state index in [1.165, 1.54) is 0 Å². The molecule has 3 heteroatoms. The van der Waals surface area contributed by atoms with Gasteiger partial charge in [0.2, 0.25) is 5.91 Å². The average molecular weight is 296 g/mol. The lowest BCUT2D eigenvalue weighted by Gasteiger charge is -2.27. The van der Waals surface area contributed by atoms with Gasteiger partial charge in [0.05, 0.1) is 0 Å². The third-order valence-corrected chi connectivity index (χ3v) is 3.83. The third kappa shape index (κ3) is 3.37. The molecule has 0 aliphatic carbocycles. The minimum absolute atomic E-state index is 0.0539. The molecule has 0 saturated carbocycles. The van der Waals surface area contributed by atoms with Gasteiger partial charge in [0, 0.05) is 5.69 Å². The average Bonchev–Trinajstić information content (AvgIpc) is 2.47. The van der Waals surface area contributed by atoms with Crippen molar-refractivity contribution < 1.29 is 4.79 Å². The molecule has 0 aliphatic heterocycles. The van der Waals surface area contributed by atoms with Crippen molar-refractivity contribution in [1.29, 1.82) is 0 Å². The summed E-state index contributed by atoms with van der Waals surface area (Å²) < 4.78 is 0. The van der Waals surface area contributed by atoms with Crippen LogP contribution in [-0.2, 0) is 15.7 Å². The largest absolute Gasteiger partial charge is 0.324 e. The van der Waals surface area contributed by atoms with Crippen LogP contribution >= 0.6 is 0 Å². The molecule has 0 aliphatic rings. The summed E-state index contributed by atoms with van der Waals surface area (Å²) in [5, 5.41) is 2.99. The van der Waals surface area contributed by atoms with E-state index < -0.39 is 5.54 Å². The molecule has 0 spiro atoms. The van der Waals surface area contributed by atoms with Gasteiger partial charge in [-0.2, -0.15) is 0 Å². The molecule has 2 rings (SSSR count). The molecule has 22 heavy (non-hydrogen) atoms. The van der Waals surface area contributed by atoms with Crippen molar-refractivity contribution in [3.8, 4) is 0 Å². The third-order valence-electron chi connectivity index (χ3n) is 3.83. The molecule has 0 radical (unpaired) electrons. The number of amides is 1. The van der Waals surface area contributed by atoms with Crippen molar-refractivity contribution in [1.82, 2.24) is 0 Å². The highest BCUT2D eigenvalue weighted by atomic mass is 16.2. The number of anilines is 1. The van der Waals surface area contributed by atoms with Crippen molar-refractivity contribution in [2.75, 3.05) is 5.32 Å². The molecule has 3 N–H and O–H groups in total. The highest BCUT2D eigenvalue weighted by Gasteiger charge is 2.31. The van der Waals surface area contributed by atoms with E-state index in [2.05, 4.69) is 26.1 Å². The second-order valence-corrected chi connectivity index (χ2v) is 6.82. The molecular weight excluding hydrogens is 272 g/mol. The van der Waals surface area contributed by atoms with Gasteiger partial charge in [0.1, 0.15) is 5.54 Å². The Labute approximate surface area is 132 Å². The molecule has 0 saturated heterocycles. The highest BCUT2D eigenvalue weighted by Crippen LogP contribution is 2.30. The van der Waals surface area contributed by atoms with E-state index >= 15 is 0 Å². The van der Waals surface area contributed by atoms with Crippen molar-refractivity contribution in [3.63, 3.8) is 0 Å². The lowest BCUT2D eigenvalue weighted by Crippen LogP contribution is -2.45. The summed E-state index contributed by atoms with van der Waals surface area (Å²) >= 11 is 0. The van der Waals surface area contributed by atoms with Crippen LogP contribution in [0.5, 0.6) is 0 Å². The minimum Gasteiger partial charge on any atom is -0.324 e. The van der Waals surface area contributed by atoms with Crippen LogP contribution in [0.3, 0.4) is 0 Å². The molecule has 3 nitrogen and oxygen atoms in total. The fraction of sp³-hybridized carbons (Fsp3) is 0.316. The van der Waals surface area contributed by atoms with E-state index in [4.69, 9.17) is 5.73 Å². The molecule has 2 aromatic rings. The predicted octanol–water partition coefficient (Wildman–Crippen LogP) is 3.80. The maximum atomic E-state index is 12.7. The lowest BCUT2D eigenvalue weighted by atomic mass is 9.85. The first-order valence-corrected chi connectivity index (χ1v) is 7.48. The number of hydrogen-bond donors (Lipinski definition) is 2. The van der Waals surface area contributed by atoms with Gasteiger partial charge in [-0.15, -0.1) is 0 Å². The Balaban J connectivity index is 2.30. The second-order valence-electron chi connectivity index (χ2n) is 6.82. The van der Waals surface area contributed by atoms with Gasteiger partial charge in [0.15, 0.2) is 0 Å². The number of benzene rings is 2. The summed E-state index contributed by atoms with van der Waals surface area (Å²) in [7, 11) is 0. The zero-order valence-electron chi connectivity index (χ0n) is 13.7. The Hall–Kier alpha value is -2.13. The van der Waals surface area contributed by atoms with Gasteiger partial charge in [-0.25, -0.2) is 0 Å². The lowest BCUT2D eigenvalue weighted by molar-refractivity contribution is -0.120. The smallest absolute Gasteiger partial charge is 0.248 e. The Kier molecular flexibility index (Phi) is 4.38. The molecule has 116 valence electrons. The number of para-hydroxylation sites is 1. The molecule has 0 fully saturated rings. The highest BCUT2D eigenvalue weighted by molar-refractivity contribution is 5.99. The van der Waals surface area contributed by atoms with Gasteiger partial charge in [-0.05, 0) is 29.5 Å². The molecule has 1 amide bonds. The molecule has 0 bridgehead atoms. The maximum Gasteiger partial charge on any atom is 0.248 e. The van der Waals surface area contributed by atoms with Crippen LogP contribution < -0.4 is 11.1 Å². The number of rotatable bonds is 3. The van der Waals surface area contributed by atoms with Crippen LogP contribution in [-0.4, -0.2) is 5.91 Å². The van der Waals surface area contributed by atoms with Crippen molar-refractivity contribution in [3.05, 3.63) is 65.7 Å². The Morgan fingerprint density at radius 1 is 0.909 bits per heavy atom. The second kappa shape index (κ2) is 5.93. The van der Waals surface area contributed by atoms with E-state index in [-0.39, 0.29) is 11.3 Å². The van der Waals surface area contributed by atoms with Crippen molar-refractivity contribution in [2.24, 2.45) is 5.73 Å². The van der Waals surface area contributed by atoms with E-state index in [0.717, 1.165) is 16.8 Å². The first-order valence-electron chi connectivity index (χ1n) is 7.48. The topological polar surface area (TPSA) is 55.1 Å². The molecule has 0 aromatic heterocycles. The predicted molar refractivity (Wildman–Crippen MR) is 91.8 cm³/mol. The quantitative estimate of drug-likeness (QED) is 0.905. The number of hydrogen-bond acceptors (Lipinski definition) is 2. The summed E-state index contributed by atoms with van der Waals surface area (Å²) in [6.45, 7) is 8.10. The number of carbonyl (C=O) groups is 1. The van der Waals surface area contributed by atoms with Gasteiger partial charge < -0.3 is 11.1 Å². The number of nitrogens with one attached hydrogen (secondary N) is 1. The van der Waals surface area contributed by atoms with Gasteiger partial charge in [-0.3, -0.25) is 4.79 Å². The molecule has 1 unspecified atom stereocenters. The SMILES string of the molecule is CC(C)(C)c1ccccc1NC(=O)C(C)(N)c1ccccc1. The van der Waals surface area contributed by atoms with Crippen LogP contribution in [0.4, 0.5) is 5.69 Å². The molecule has 1 atom stereocenters. The summed E-state index contributed by atoms with van der Waals surface area (Å²) in [5.41, 5.74) is 7.84. The van der Waals surface area contributed by atoms with Crippen LogP contribution in [0.1, 0.15) is 38.8 Å². The van der Waals surface area contributed by atoms with Gasteiger partial charge in [-0.1, -0.05) is 69.3 Å².